The van der Waals surface area contributed by atoms with Gasteiger partial charge in [-0.2, -0.15) is 8.78 Å². The Morgan fingerprint density at radius 3 is 2.80 bits per heavy atom. The SMILES string of the molecule is NC=C(F)C(N)=Nc1ccc2c(c1)NC(=O)C(F)(F)O2. The minimum absolute atomic E-state index is 0.0212. The molecule has 1 aliphatic rings. The summed E-state index contributed by atoms with van der Waals surface area (Å²) in [6.07, 6.45) is -3.31. The number of halogens is 3. The maximum absolute atomic E-state index is 13.0. The average molecular weight is 286 g/mol. The number of carbonyl (C=O) groups is 1. The number of rotatable bonds is 2. The summed E-state index contributed by atoms with van der Waals surface area (Å²) in [5.74, 6) is -3.26. The van der Waals surface area contributed by atoms with Crippen LogP contribution in [0.1, 0.15) is 0 Å². The summed E-state index contributed by atoms with van der Waals surface area (Å²) in [4.78, 5) is 14.7. The molecule has 0 aromatic heterocycles. The molecule has 5 N–H and O–H groups in total. The normalized spacial score (nSPS) is 18.1. The van der Waals surface area contributed by atoms with Crippen molar-refractivity contribution in [1.29, 1.82) is 0 Å². The Morgan fingerprint density at radius 1 is 1.45 bits per heavy atom. The first kappa shape index (κ1) is 13.7. The molecule has 0 saturated carbocycles. The first-order chi connectivity index (χ1) is 9.33. The average Bonchev–Trinajstić information content (AvgIpc) is 2.39. The van der Waals surface area contributed by atoms with Gasteiger partial charge in [0.25, 0.3) is 0 Å². The fourth-order valence-electron chi connectivity index (χ4n) is 1.43. The molecule has 1 aromatic carbocycles. The van der Waals surface area contributed by atoms with Crippen LogP contribution in [0, 0.1) is 0 Å². The zero-order chi connectivity index (χ0) is 14.9. The first-order valence-electron chi connectivity index (χ1n) is 5.28. The summed E-state index contributed by atoms with van der Waals surface area (Å²) in [7, 11) is 0. The zero-order valence-corrected chi connectivity index (χ0v) is 9.86. The summed E-state index contributed by atoms with van der Waals surface area (Å²) >= 11 is 0. The van der Waals surface area contributed by atoms with Crippen LogP contribution in [0.5, 0.6) is 5.75 Å². The molecule has 1 amide bonds. The summed E-state index contributed by atoms with van der Waals surface area (Å²) in [5, 5.41) is 1.95. The minimum Gasteiger partial charge on any atom is -0.423 e. The molecule has 0 aliphatic carbocycles. The van der Waals surface area contributed by atoms with Crippen LogP contribution in [-0.4, -0.2) is 17.9 Å². The maximum Gasteiger partial charge on any atom is 0.482 e. The van der Waals surface area contributed by atoms with Crippen LogP contribution in [0.25, 0.3) is 0 Å². The van der Waals surface area contributed by atoms with Gasteiger partial charge < -0.3 is 21.5 Å². The number of benzene rings is 1. The molecule has 0 spiro atoms. The highest BCUT2D eigenvalue weighted by molar-refractivity contribution is 6.00. The number of ether oxygens (including phenoxy) is 1. The number of aliphatic imine (C=N–C) groups is 1. The largest absolute Gasteiger partial charge is 0.482 e. The molecule has 0 bridgehead atoms. The van der Waals surface area contributed by atoms with Gasteiger partial charge in [-0.05, 0) is 18.2 Å². The van der Waals surface area contributed by atoms with E-state index in [1.54, 1.807) is 0 Å². The molecule has 0 saturated heterocycles. The van der Waals surface area contributed by atoms with Gasteiger partial charge in [-0.1, -0.05) is 0 Å². The number of amidine groups is 1. The van der Waals surface area contributed by atoms with Crippen molar-refractivity contribution in [1.82, 2.24) is 0 Å². The van der Waals surface area contributed by atoms with Gasteiger partial charge in [-0.15, -0.1) is 0 Å². The fourth-order valence-corrected chi connectivity index (χ4v) is 1.43. The minimum atomic E-state index is -3.94. The van der Waals surface area contributed by atoms with E-state index in [0.717, 1.165) is 6.07 Å². The van der Waals surface area contributed by atoms with Crippen molar-refractivity contribution < 1.29 is 22.7 Å². The van der Waals surface area contributed by atoms with Crippen LogP contribution < -0.4 is 21.5 Å². The number of hydrogen-bond donors (Lipinski definition) is 3. The molecule has 0 fully saturated rings. The quantitative estimate of drug-likeness (QED) is 0.564. The second-order valence-corrected chi connectivity index (χ2v) is 3.77. The van der Waals surface area contributed by atoms with Crippen molar-refractivity contribution in [2.75, 3.05) is 5.32 Å². The van der Waals surface area contributed by atoms with Crippen molar-refractivity contribution in [3.63, 3.8) is 0 Å². The highest BCUT2D eigenvalue weighted by Crippen LogP contribution is 2.37. The Balaban J connectivity index is 2.35. The van der Waals surface area contributed by atoms with Gasteiger partial charge in [0.2, 0.25) is 0 Å². The highest BCUT2D eigenvalue weighted by Gasteiger charge is 2.46. The summed E-state index contributed by atoms with van der Waals surface area (Å²) < 4.78 is 43.2. The highest BCUT2D eigenvalue weighted by atomic mass is 19.3. The third-order valence-electron chi connectivity index (χ3n) is 2.35. The van der Waals surface area contributed by atoms with E-state index >= 15 is 0 Å². The number of fused-ring (bicyclic) bond motifs is 1. The van der Waals surface area contributed by atoms with E-state index in [1.165, 1.54) is 12.1 Å². The Morgan fingerprint density at radius 2 is 2.15 bits per heavy atom. The van der Waals surface area contributed by atoms with Gasteiger partial charge in [0.1, 0.15) is 0 Å². The number of carbonyl (C=O) groups excluding carboxylic acids is 1. The number of nitrogens with zero attached hydrogens (tertiary/aromatic N) is 1. The summed E-state index contributed by atoms with van der Waals surface area (Å²) in [6.45, 7) is 0. The molecule has 2 rings (SSSR count). The number of hydrogen-bond acceptors (Lipinski definition) is 4. The Labute approximate surface area is 110 Å². The Kier molecular flexibility index (Phi) is 3.26. The molecule has 1 aromatic rings. The topological polar surface area (TPSA) is 103 Å². The van der Waals surface area contributed by atoms with E-state index in [1.807, 2.05) is 5.32 Å². The van der Waals surface area contributed by atoms with Gasteiger partial charge in [-0.3, -0.25) is 4.79 Å². The Hall–Kier alpha value is -2.71. The molecule has 106 valence electrons. The van der Waals surface area contributed by atoms with Gasteiger partial charge in [0.05, 0.1) is 11.4 Å². The predicted molar refractivity (Wildman–Crippen MR) is 65.3 cm³/mol. The molecule has 1 heterocycles. The van der Waals surface area contributed by atoms with Crippen molar-refractivity contribution in [3.8, 4) is 5.75 Å². The monoisotopic (exact) mass is 286 g/mol. The number of nitrogens with one attached hydrogen (secondary N) is 1. The van der Waals surface area contributed by atoms with Crippen LogP contribution in [0.15, 0.2) is 35.2 Å². The van der Waals surface area contributed by atoms with Crippen LogP contribution in [0.3, 0.4) is 0 Å². The molecule has 9 heteroatoms. The van der Waals surface area contributed by atoms with E-state index in [0.29, 0.717) is 6.20 Å². The fraction of sp³-hybridized carbons (Fsp3) is 0.0909. The first-order valence-corrected chi connectivity index (χ1v) is 5.28. The lowest BCUT2D eigenvalue weighted by Crippen LogP contribution is -2.43. The summed E-state index contributed by atoms with van der Waals surface area (Å²) in [6, 6.07) is 3.63. The van der Waals surface area contributed by atoms with E-state index in [4.69, 9.17) is 11.5 Å². The third-order valence-corrected chi connectivity index (χ3v) is 2.35. The van der Waals surface area contributed by atoms with E-state index < -0.39 is 23.7 Å². The lowest BCUT2D eigenvalue weighted by Gasteiger charge is -2.24. The smallest absolute Gasteiger partial charge is 0.423 e. The lowest BCUT2D eigenvalue weighted by atomic mass is 10.2. The molecule has 6 nitrogen and oxygen atoms in total. The molecule has 0 atom stereocenters. The number of anilines is 1. The number of amides is 1. The number of alkyl halides is 2. The summed E-state index contributed by atoms with van der Waals surface area (Å²) in [5.41, 5.74) is 10.3. The maximum atomic E-state index is 13.0. The van der Waals surface area contributed by atoms with Crippen molar-refractivity contribution in [2.24, 2.45) is 16.5 Å². The van der Waals surface area contributed by atoms with Crippen LogP contribution >= 0.6 is 0 Å². The van der Waals surface area contributed by atoms with Gasteiger partial charge in [0.15, 0.2) is 17.4 Å². The van der Waals surface area contributed by atoms with E-state index in [-0.39, 0.29) is 17.1 Å². The second-order valence-electron chi connectivity index (χ2n) is 3.77. The van der Waals surface area contributed by atoms with Crippen LogP contribution in [0.2, 0.25) is 0 Å². The lowest BCUT2D eigenvalue weighted by molar-refractivity contribution is -0.189. The van der Waals surface area contributed by atoms with Crippen LogP contribution in [0.4, 0.5) is 24.5 Å². The predicted octanol–water partition coefficient (Wildman–Crippen LogP) is 1.37. The Bertz CT molecular complexity index is 628. The number of nitrogens with two attached hydrogens (primary N) is 2. The molecule has 0 unspecified atom stereocenters. The van der Waals surface area contributed by atoms with E-state index in [9.17, 15) is 18.0 Å². The molecule has 0 radical (unpaired) electrons. The van der Waals surface area contributed by atoms with E-state index in [2.05, 4.69) is 9.73 Å². The van der Waals surface area contributed by atoms with Gasteiger partial charge in [0, 0.05) is 6.20 Å². The van der Waals surface area contributed by atoms with Gasteiger partial charge >= 0.3 is 12.0 Å². The van der Waals surface area contributed by atoms with Crippen molar-refractivity contribution in [3.05, 3.63) is 30.2 Å². The third kappa shape index (κ3) is 2.51. The molecular weight excluding hydrogens is 277 g/mol. The van der Waals surface area contributed by atoms with Gasteiger partial charge in [-0.25, -0.2) is 9.38 Å². The zero-order valence-electron chi connectivity index (χ0n) is 9.86. The standard InChI is InChI=1S/C11H9F3N4O2/c12-6(4-15)9(16)17-5-1-2-8-7(3-5)18-10(19)11(13,14)20-8/h1-4H,15H2,(H2,16,17)(H,18,19). The van der Waals surface area contributed by atoms with Crippen molar-refractivity contribution >= 4 is 23.1 Å². The van der Waals surface area contributed by atoms with Crippen LogP contribution in [-0.2, 0) is 4.79 Å². The molecule has 1 aliphatic heterocycles. The molecular formula is C11H9F3N4O2. The second kappa shape index (κ2) is 4.76. The van der Waals surface area contributed by atoms with Crippen molar-refractivity contribution in [2.45, 2.75) is 6.11 Å². The molecule has 20 heavy (non-hydrogen) atoms.